The minimum Gasteiger partial charge on any atom is -0.371 e. The van der Waals surface area contributed by atoms with Gasteiger partial charge in [-0.1, -0.05) is 6.92 Å². The van der Waals surface area contributed by atoms with E-state index in [9.17, 15) is 4.79 Å². The number of carbonyl (C=O) groups excluding carboxylic acids is 1. The Hall–Kier alpha value is -1.62. The van der Waals surface area contributed by atoms with Crippen molar-refractivity contribution in [3.63, 3.8) is 0 Å². The maximum absolute atomic E-state index is 11.9. The van der Waals surface area contributed by atoms with Crippen LogP contribution in [0.4, 0.5) is 5.69 Å². The van der Waals surface area contributed by atoms with E-state index in [1.807, 2.05) is 12.1 Å². The van der Waals surface area contributed by atoms with E-state index in [0.29, 0.717) is 11.6 Å². The van der Waals surface area contributed by atoms with Gasteiger partial charge in [-0.05, 0) is 24.5 Å². The molecule has 5 nitrogen and oxygen atoms in total. The first-order chi connectivity index (χ1) is 8.99. The molecule has 104 valence electrons. The van der Waals surface area contributed by atoms with Crippen molar-refractivity contribution in [2.75, 3.05) is 32.1 Å². The number of hydrogen-bond donors (Lipinski definition) is 1. The lowest BCUT2D eigenvalue weighted by Crippen LogP contribution is -2.46. The summed E-state index contributed by atoms with van der Waals surface area (Å²) in [6.45, 7) is 4.04. The molecule has 2 atom stereocenters. The maximum atomic E-state index is 11.9. The first-order valence-corrected chi connectivity index (χ1v) is 6.67. The fraction of sp³-hybridized carbons (Fsp3) is 0.571. The van der Waals surface area contributed by atoms with Gasteiger partial charge in [-0.25, -0.2) is 0 Å². The fourth-order valence-electron chi connectivity index (χ4n) is 2.36. The molecule has 1 aromatic heterocycles. The van der Waals surface area contributed by atoms with Crippen LogP contribution in [-0.2, 0) is 0 Å². The Labute approximate surface area is 114 Å². The topological polar surface area (TPSA) is 62.5 Å². The van der Waals surface area contributed by atoms with Crippen molar-refractivity contribution in [3.05, 3.63) is 24.0 Å². The first kappa shape index (κ1) is 13.8. The van der Waals surface area contributed by atoms with E-state index in [1.165, 1.54) is 0 Å². The highest BCUT2D eigenvalue weighted by molar-refractivity contribution is 5.92. The van der Waals surface area contributed by atoms with Gasteiger partial charge >= 0.3 is 0 Å². The lowest BCUT2D eigenvalue weighted by atomic mass is 9.94. The molecule has 2 heterocycles. The van der Waals surface area contributed by atoms with E-state index in [1.54, 1.807) is 25.2 Å². The van der Waals surface area contributed by atoms with Crippen molar-refractivity contribution < 1.29 is 4.79 Å². The second kappa shape index (κ2) is 5.57. The zero-order chi connectivity index (χ0) is 14.0. The van der Waals surface area contributed by atoms with Crippen LogP contribution in [0.25, 0.3) is 0 Å². The van der Waals surface area contributed by atoms with Gasteiger partial charge in [0.15, 0.2) is 0 Å². The lowest BCUT2D eigenvalue weighted by Gasteiger charge is -2.36. The second-order valence-electron chi connectivity index (χ2n) is 5.47. The van der Waals surface area contributed by atoms with Crippen LogP contribution < -0.4 is 10.6 Å². The lowest BCUT2D eigenvalue weighted by molar-refractivity contribution is 0.0822. The van der Waals surface area contributed by atoms with Gasteiger partial charge in [0.1, 0.15) is 5.69 Å². The van der Waals surface area contributed by atoms with Crippen LogP contribution in [-0.4, -0.2) is 49.0 Å². The van der Waals surface area contributed by atoms with Gasteiger partial charge < -0.3 is 15.5 Å². The summed E-state index contributed by atoms with van der Waals surface area (Å²) in [6.07, 6.45) is 2.69. The molecular formula is C14H22N4O. The molecule has 1 amide bonds. The Morgan fingerprint density at radius 3 is 2.89 bits per heavy atom. The number of rotatable bonds is 2. The Bertz CT molecular complexity index is 461. The molecule has 0 bridgehead atoms. The summed E-state index contributed by atoms with van der Waals surface area (Å²) in [5, 5.41) is 0. The SMILES string of the molecule is CC1CN(c2ccnc(C(=O)N(C)C)c2)CCC1N. The summed E-state index contributed by atoms with van der Waals surface area (Å²) in [5.74, 6) is 0.401. The molecular weight excluding hydrogens is 240 g/mol. The molecule has 1 aliphatic rings. The molecule has 2 N–H and O–H groups in total. The zero-order valence-electron chi connectivity index (χ0n) is 11.8. The number of hydrogen-bond acceptors (Lipinski definition) is 4. The van der Waals surface area contributed by atoms with Crippen LogP contribution in [0, 0.1) is 5.92 Å². The molecule has 5 heteroatoms. The quantitative estimate of drug-likeness (QED) is 0.862. The van der Waals surface area contributed by atoms with Crippen LogP contribution in [0.2, 0.25) is 0 Å². The number of anilines is 1. The van der Waals surface area contributed by atoms with E-state index in [4.69, 9.17) is 5.73 Å². The molecule has 0 spiro atoms. The van der Waals surface area contributed by atoms with Crippen molar-refractivity contribution in [3.8, 4) is 0 Å². The molecule has 0 radical (unpaired) electrons. The number of pyridine rings is 1. The van der Waals surface area contributed by atoms with Gasteiger partial charge in [0.05, 0.1) is 0 Å². The van der Waals surface area contributed by atoms with Crippen LogP contribution in [0.5, 0.6) is 0 Å². The van der Waals surface area contributed by atoms with E-state index in [-0.39, 0.29) is 11.9 Å². The van der Waals surface area contributed by atoms with Crippen LogP contribution in [0.15, 0.2) is 18.3 Å². The zero-order valence-corrected chi connectivity index (χ0v) is 11.8. The molecule has 0 aromatic carbocycles. The number of nitrogens with two attached hydrogens (primary N) is 1. The number of piperidine rings is 1. The Morgan fingerprint density at radius 1 is 1.53 bits per heavy atom. The smallest absolute Gasteiger partial charge is 0.272 e. The number of aromatic nitrogens is 1. The van der Waals surface area contributed by atoms with Crippen molar-refractivity contribution in [1.29, 1.82) is 0 Å². The van der Waals surface area contributed by atoms with Gasteiger partial charge in [-0.15, -0.1) is 0 Å². The minimum absolute atomic E-state index is 0.0661. The average molecular weight is 262 g/mol. The molecule has 2 unspecified atom stereocenters. The van der Waals surface area contributed by atoms with Crippen LogP contribution in [0.1, 0.15) is 23.8 Å². The van der Waals surface area contributed by atoms with Gasteiger partial charge in [0.2, 0.25) is 0 Å². The predicted octanol–water partition coefficient (Wildman–Crippen LogP) is 0.957. The van der Waals surface area contributed by atoms with E-state index in [0.717, 1.165) is 25.2 Å². The molecule has 1 aliphatic heterocycles. The third kappa shape index (κ3) is 3.04. The molecule has 1 fully saturated rings. The van der Waals surface area contributed by atoms with E-state index < -0.39 is 0 Å². The normalized spacial score (nSPS) is 23.3. The average Bonchev–Trinajstić information content (AvgIpc) is 2.41. The predicted molar refractivity (Wildman–Crippen MR) is 76.2 cm³/mol. The van der Waals surface area contributed by atoms with Crippen molar-refractivity contribution >= 4 is 11.6 Å². The van der Waals surface area contributed by atoms with Crippen LogP contribution in [0.3, 0.4) is 0 Å². The highest BCUT2D eigenvalue weighted by Crippen LogP contribution is 2.22. The van der Waals surface area contributed by atoms with Gasteiger partial charge in [-0.2, -0.15) is 0 Å². The van der Waals surface area contributed by atoms with Gasteiger partial charge in [0, 0.05) is 45.1 Å². The molecule has 1 saturated heterocycles. The minimum atomic E-state index is -0.0661. The largest absolute Gasteiger partial charge is 0.371 e. The fourth-order valence-corrected chi connectivity index (χ4v) is 2.36. The number of carbonyl (C=O) groups is 1. The monoisotopic (exact) mass is 262 g/mol. The number of nitrogens with zero attached hydrogens (tertiary/aromatic N) is 3. The van der Waals surface area contributed by atoms with Crippen molar-refractivity contribution in [2.45, 2.75) is 19.4 Å². The Balaban J connectivity index is 2.17. The molecule has 2 rings (SSSR count). The van der Waals surface area contributed by atoms with Crippen LogP contribution >= 0.6 is 0 Å². The third-order valence-corrected chi connectivity index (χ3v) is 3.71. The summed E-state index contributed by atoms with van der Waals surface area (Å²) >= 11 is 0. The van der Waals surface area contributed by atoms with E-state index in [2.05, 4.69) is 16.8 Å². The van der Waals surface area contributed by atoms with Gasteiger partial charge in [-0.3, -0.25) is 9.78 Å². The molecule has 1 aromatic rings. The summed E-state index contributed by atoms with van der Waals surface area (Å²) in [4.78, 5) is 19.9. The summed E-state index contributed by atoms with van der Waals surface area (Å²) in [6, 6.07) is 4.10. The molecule has 0 saturated carbocycles. The standard InChI is InChI=1S/C14H22N4O/c1-10-9-18(7-5-12(10)15)11-4-6-16-13(8-11)14(19)17(2)3/h4,6,8,10,12H,5,7,9,15H2,1-3H3. The van der Waals surface area contributed by atoms with Gasteiger partial charge in [0.25, 0.3) is 5.91 Å². The first-order valence-electron chi connectivity index (χ1n) is 6.67. The van der Waals surface area contributed by atoms with Crippen molar-refractivity contribution in [2.24, 2.45) is 11.7 Å². The summed E-state index contributed by atoms with van der Waals surface area (Å²) in [5.41, 5.74) is 7.58. The maximum Gasteiger partial charge on any atom is 0.272 e. The summed E-state index contributed by atoms with van der Waals surface area (Å²) < 4.78 is 0. The summed E-state index contributed by atoms with van der Waals surface area (Å²) in [7, 11) is 3.47. The number of amides is 1. The molecule has 19 heavy (non-hydrogen) atoms. The Kier molecular flexibility index (Phi) is 4.04. The molecule has 0 aliphatic carbocycles. The third-order valence-electron chi connectivity index (χ3n) is 3.71. The van der Waals surface area contributed by atoms with Crippen molar-refractivity contribution in [1.82, 2.24) is 9.88 Å². The second-order valence-corrected chi connectivity index (χ2v) is 5.47. The highest BCUT2D eigenvalue weighted by atomic mass is 16.2. The Morgan fingerprint density at radius 2 is 2.26 bits per heavy atom. The highest BCUT2D eigenvalue weighted by Gasteiger charge is 2.23. The van der Waals surface area contributed by atoms with E-state index >= 15 is 0 Å².